The maximum atomic E-state index is 13.4. The molecule has 24 nitrogen and oxygen atoms in total. The molecular weight excluding hydrogens is 1160 g/mol. The zero-order chi connectivity index (χ0) is 63.9. The van der Waals surface area contributed by atoms with Crippen LogP contribution in [0.2, 0.25) is 0 Å². The Balaban J connectivity index is 0.000000174. The molecular formula is C62H65F3N12O12. The number of benzene rings is 2. The molecule has 6 aliphatic heterocycles. The molecule has 0 radical (unpaired) electrons. The lowest BCUT2D eigenvalue weighted by atomic mass is 9.69. The number of nitrogens with one attached hydrogen (secondary N) is 4. The minimum atomic E-state index is -4.93. The Kier molecular flexibility index (Phi) is 17.4. The number of imide groups is 4. The summed E-state index contributed by atoms with van der Waals surface area (Å²) in [5.41, 5.74) is 3.19. The molecule has 2 saturated carbocycles. The first-order valence-electron chi connectivity index (χ1n) is 29.5. The van der Waals surface area contributed by atoms with E-state index in [1.165, 1.54) is 12.3 Å². The minimum Gasteiger partial charge on any atom is -0.481 e. The highest BCUT2D eigenvalue weighted by Crippen LogP contribution is 2.43. The predicted molar refractivity (Wildman–Crippen MR) is 309 cm³/mol. The molecule has 2 unspecified atom stereocenters. The zero-order valence-electron chi connectivity index (χ0n) is 48.9. The van der Waals surface area contributed by atoms with Crippen molar-refractivity contribution in [2.24, 2.45) is 10.8 Å². The second kappa shape index (κ2) is 24.8. The van der Waals surface area contributed by atoms with Gasteiger partial charge in [-0.05, 0) is 95.4 Å². The number of rotatable bonds is 12. The Labute approximate surface area is 508 Å². The maximum absolute atomic E-state index is 13.4. The van der Waals surface area contributed by atoms with Crippen molar-refractivity contribution in [3.63, 3.8) is 0 Å². The van der Waals surface area contributed by atoms with Crippen LogP contribution < -0.4 is 21.3 Å². The van der Waals surface area contributed by atoms with Gasteiger partial charge < -0.3 is 25.5 Å². The van der Waals surface area contributed by atoms with Crippen molar-refractivity contribution in [3.05, 3.63) is 93.6 Å². The fourth-order valence-corrected chi connectivity index (χ4v) is 12.7. The second-order valence-corrected chi connectivity index (χ2v) is 24.0. The Morgan fingerprint density at radius 1 is 0.618 bits per heavy atom. The van der Waals surface area contributed by atoms with Gasteiger partial charge in [-0.15, -0.1) is 12.8 Å². The molecule has 8 heterocycles. The van der Waals surface area contributed by atoms with Crippen molar-refractivity contribution in [3.8, 4) is 24.7 Å². The number of likely N-dealkylation sites (tertiary alicyclic amines) is 2. The topological polar surface area (TPSA) is 305 Å². The second-order valence-electron chi connectivity index (χ2n) is 24.0. The molecule has 4 aromatic rings. The van der Waals surface area contributed by atoms with Crippen molar-refractivity contribution < 1.29 is 71.0 Å². The Hall–Kier alpha value is -9.66. The number of carboxylic acids is 1. The number of hydrogen-bond acceptors (Lipinski definition) is 15. The molecule has 0 spiro atoms. The number of terminal acetylenes is 2. The van der Waals surface area contributed by atoms with Crippen LogP contribution in [-0.2, 0) is 46.7 Å². The van der Waals surface area contributed by atoms with Gasteiger partial charge in [-0.1, -0.05) is 43.7 Å². The van der Waals surface area contributed by atoms with Gasteiger partial charge in [0.2, 0.25) is 29.5 Å². The number of halogens is 3. The fourth-order valence-electron chi connectivity index (χ4n) is 12.7. The Morgan fingerprint density at radius 2 is 1.02 bits per heavy atom. The number of nitrogens with zero attached hydrogens (tertiary/aromatic N) is 8. The Bertz CT molecular complexity index is 3700. The lowest BCUT2D eigenvalue weighted by Gasteiger charge is -2.43. The summed E-state index contributed by atoms with van der Waals surface area (Å²) < 4.78 is 41.7. The summed E-state index contributed by atoms with van der Waals surface area (Å²) in [6.07, 6.45) is 18.0. The summed E-state index contributed by atoms with van der Waals surface area (Å²) in [4.78, 5) is 140. The van der Waals surface area contributed by atoms with Gasteiger partial charge in [-0.3, -0.25) is 82.5 Å². The number of anilines is 2. The molecule has 27 heteroatoms. The van der Waals surface area contributed by atoms with E-state index in [2.05, 4.69) is 50.2 Å². The SMILES string of the molecule is C#Cc1c(CNc2cccc3c2C(=O)N(C2CCC(=O)NC2=O)C3=O)cnn1C1CCN(C(=O)C(F)(F)F)CC1.C#Cc1c(CNc2cccc3c2C(=O)N(C2CCC(=O)NC2=O)C3=O)cnn1C1CCN(C(=O)C2(C)CCC2)CC1.CC1(C(=O)O)CCC1. The highest BCUT2D eigenvalue weighted by atomic mass is 19.4. The largest absolute Gasteiger partial charge is 0.481 e. The molecule has 4 saturated heterocycles. The van der Waals surface area contributed by atoms with E-state index >= 15 is 0 Å². The third-order valence-corrected chi connectivity index (χ3v) is 18.3. The molecule has 10 amide bonds. The number of hydrogen-bond donors (Lipinski definition) is 5. The zero-order valence-corrected chi connectivity index (χ0v) is 48.9. The van der Waals surface area contributed by atoms with E-state index in [4.69, 9.17) is 18.0 Å². The molecule has 6 fully saturated rings. The Morgan fingerprint density at radius 3 is 1.36 bits per heavy atom. The summed E-state index contributed by atoms with van der Waals surface area (Å²) in [5.74, 6) is -1.60. The van der Waals surface area contributed by atoms with E-state index < -0.39 is 77.4 Å². The first kappa shape index (κ1) is 62.4. The third kappa shape index (κ3) is 12.1. The first-order valence-corrected chi connectivity index (χ1v) is 29.5. The van der Waals surface area contributed by atoms with E-state index in [-0.39, 0.29) is 116 Å². The molecule has 89 heavy (non-hydrogen) atoms. The number of carboxylic acid groups (broad SMARTS) is 1. The van der Waals surface area contributed by atoms with Gasteiger partial charge in [0, 0.05) is 80.0 Å². The maximum Gasteiger partial charge on any atom is 0.471 e. The van der Waals surface area contributed by atoms with Gasteiger partial charge in [0.15, 0.2) is 0 Å². The monoisotopic (exact) mass is 1230 g/mol. The van der Waals surface area contributed by atoms with Crippen LogP contribution in [0.15, 0.2) is 48.8 Å². The third-order valence-electron chi connectivity index (χ3n) is 18.3. The van der Waals surface area contributed by atoms with Crippen LogP contribution in [0.3, 0.4) is 0 Å². The molecule has 12 rings (SSSR count). The van der Waals surface area contributed by atoms with Crippen molar-refractivity contribution in [2.75, 3.05) is 36.8 Å². The van der Waals surface area contributed by atoms with E-state index in [1.807, 2.05) is 9.58 Å². The number of aliphatic carboxylic acids is 1. The van der Waals surface area contributed by atoms with Gasteiger partial charge in [0.05, 0.1) is 52.1 Å². The summed E-state index contributed by atoms with van der Waals surface area (Å²) >= 11 is 0. The number of fused-ring (bicyclic) bond motifs is 2. The van der Waals surface area contributed by atoms with Gasteiger partial charge in [-0.25, -0.2) is 0 Å². The van der Waals surface area contributed by atoms with Crippen molar-refractivity contribution in [2.45, 2.75) is 147 Å². The van der Waals surface area contributed by atoms with Gasteiger partial charge in [0.1, 0.15) is 23.5 Å². The van der Waals surface area contributed by atoms with Crippen LogP contribution in [0.4, 0.5) is 24.5 Å². The predicted octanol–water partition coefficient (Wildman–Crippen LogP) is 5.10. The highest BCUT2D eigenvalue weighted by Gasteiger charge is 2.49. The van der Waals surface area contributed by atoms with E-state index in [0.717, 1.165) is 71.6 Å². The van der Waals surface area contributed by atoms with Gasteiger partial charge in [0.25, 0.3) is 23.6 Å². The molecule has 2 atom stereocenters. The molecule has 2 aromatic heterocycles. The van der Waals surface area contributed by atoms with Crippen LogP contribution in [0, 0.1) is 35.5 Å². The number of carbonyl (C=O) groups is 11. The van der Waals surface area contributed by atoms with Crippen LogP contribution in [0.25, 0.3) is 0 Å². The van der Waals surface area contributed by atoms with Gasteiger partial charge >= 0.3 is 18.1 Å². The first-order chi connectivity index (χ1) is 42.4. The number of carbonyl (C=O) groups excluding carboxylic acids is 10. The van der Waals surface area contributed by atoms with Crippen molar-refractivity contribution in [1.82, 2.24) is 49.8 Å². The van der Waals surface area contributed by atoms with Crippen LogP contribution in [0.1, 0.15) is 180 Å². The lowest BCUT2D eigenvalue weighted by molar-refractivity contribution is -0.186. The van der Waals surface area contributed by atoms with E-state index in [9.17, 15) is 65.9 Å². The smallest absolute Gasteiger partial charge is 0.471 e. The minimum absolute atomic E-state index is 0.00539. The van der Waals surface area contributed by atoms with Crippen LogP contribution in [-0.4, -0.2) is 154 Å². The highest BCUT2D eigenvalue weighted by molar-refractivity contribution is 6.26. The molecule has 466 valence electrons. The molecule has 2 aliphatic carbocycles. The average molecular weight is 1230 g/mol. The summed E-state index contributed by atoms with van der Waals surface area (Å²) in [7, 11) is 0. The molecule has 5 N–H and O–H groups in total. The summed E-state index contributed by atoms with van der Waals surface area (Å²) in [5, 5.41) is 28.1. The van der Waals surface area contributed by atoms with Crippen LogP contribution in [0.5, 0.6) is 0 Å². The fraction of sp³-hybridized carbons (Fsp3) is 0.468. The van der Waals surface area contributed by atoms with Crippen molar-refractivity contribution in [1.29, 1.82) is 0 Å². The van der Waals surface area contributed by atoms with Gasteiger partial charge in [-0.2, -0.15) is 23.4 Å². The van der Waals surface area contributed by atoms with E-state index in [1.54, 1.807) is 48.1 Å². The quantitative estimate of drug-likeness (QED) is 0.0911. The molecule has 8 aliphatic rings. The normalized spacial score (nSPS) is 21.3. The summed E-state index contributed by atoms with van der Waals surface area (Å²) in [6, 6.07) is 7.24. The molecule has 2 aromatic carbocycles. The lowest BCUT2D eigenvalue weighted by Crippen LogP contribution is -2.54. The molecule has 0 bridgehead atoms. The number of alkyl halides is 3. The number of aromatic nitrogens is 4. The number of amides is 10. The number of piperidine rings is 4. The van der Waals surface area contributed by atoms with Crippen LogP contribution >= 0.6 is 0 Å². The standard InChI is InChI=1S/C30H32N6O5.C26H23F3N6O5.C6H10O2/c1-3-22-18(17-32-36(22)19-10-14-34(15-11-19)29(41)30(2)12-5-13-30)16-31-21-7-4-6-20-25(21)28(40)35(27(20)39)23-8-9-24(37)33-26(23)38;1-2-18-14(13-31-35(18)15-8-10-33(11-9-15)25(40)26(27,28)29)12-30-17-5-3-4-16-21(17)24(39)34(23(16)38)19-6-7-20(36)32-22(19)37;1-6(5(7)8)3-2-4-6/h1,4,6-7,17,19,23,31H,5,8-16H2,2H3,(H,33,37,38);1,3-5,13,15,19,30H,6-12H2,(H,32,36,37);2-4H2,1H3,(H,7,8). The van der Waals surface area contributed by atoms with E-state index in [0.29, 0.717) is 41.4 Å². The van der Waals surface area contributed by atoms with Crippen molar-refractivity contribution >= 4 is 76.4 Å². The summed E-state index contributed by atoms with van der Waals surface area (Å²) in [6.45, 7) is 5.42. The average Bonchev–Trinajstić information content (AvgIpc) is 1.67.